The summed E-state index contributed by atoms with van der Waals surface area (Å²) in [4.78, 5) is 0. The normalized spacial score (nSPS) is 13.9. The highest BCUT2D eigenvalue weighted by molar-refractivity contribution is 8.00. The first-order chi connectivity index (χ1) is 3.81. The molecule has 50 valence electrons. The first-order valence-corrected chi connectivity index (χ1v) is 4.80. The van der Waals surface area contributed by atoms with Crippen LogP contribution in [0.3, 0.4) is 0 Å². The van der Waals surface area contributed by atoms with Gasteiger partial charge >= 0.3 is 0 Å². The van der Waals surface area contributed by atoms with E-state index in [-0.39, 0.29) is 4.71 Å². The molecule has 0 amide bonds. The topological polar surface area (TPSA) is 0 Å². The second kappa shape index (κ2) is 6.06. The summed E-state index contributed by atoms with van der Waals surface area (Å²) in [5.74, 6) is 0.726. The van der Waals surface area contributed by atoms with Gasteiger partial charge in [-0.3, -0.25) is 0 Å². The molecule has 0 aromatic rings. The Bertz CT molecular complexity index is 49.7. The Labute approximate surface area is 64.9 Å². The molecule has 1 unspecified atom stereocenters. The van der Waals surface area contributed by atoms with Gasteiger partial charge in [0.25, 0.3) is 0 Å². The first-order valence-electron chi connectivity index (χ1n) is 2.54. The summed E-state index contributed by atoms with van der Waals surface area (Å²) in [6, 6.07) is 0. The maximum absolute atomic E-state index is 5.75. The number of thioether (sulfide) groups is 1. The van der Waals surface area contributed by atoms with Crippen molar-refractivity contribution < 1.29 is 0 Å². The second-order valence-corrected chi connectivity index (χ2v) is 3.68. The highest BCUT2D eigenvalue weighted by Crippen LogP contribution is 2.16. The third kappa shape index (κ3) is 5.07. The fourth-order valence-electron chi connectivity index (χ4n) is 0.355. The van der Waals surface area contributed by atoms with Crippen molar-refractivity contribution in [2.75, 3.05) is 12.1 Å². The Balaban J connectivity index is 2.86. The number of hydrogen-bond acceptors (Lipinski definition) is 1. The van der Waals surface area contributed by atoms with Crippen LogP contribution in [-0.2, 0) is 0 Å². The molecule has 0 saturated heterocycles. The van der Waals surface area contributed by atoms with Crippen molar-refractivity contribution >= 4 is 35.0 Å². The standard InChI is InChI=1S/C5H10Cl2S/c1-8-5(7)3-2-4-6/h5H,2-4H2,1H3. The molecule has 0 rings (SSSR count). The van der Waals surface area contributed by atoms with E-state index >= 15 is 0 Å². The average molecular weight is 173 g/mol. The molecule has 0 aromatic heterocycles. The third-order valence-electron chi connectivity index (χ3n) is 0.820. The van der Waals surface area contributed by atoms with Gasteiger partial charge in [-0.15, -0.1) is 35.0 Å². The Morgan fingerprint density at radius 1 is 1.62 bits per heavy atom. The van der Waals surface area contributed by atoms with E-state index < -0.39 is 0 Å². The highest BCUT2D eigenvalue weighted by Gasteiger charge is 1.98. The van der Waals surface area contributed by atoms with Crippen LogP contribution >= 0.6 is 35.0 Å². The van der Waals surface area contributed by atoms with Gasteiger partial charge in [-0.2, -0.15) is 0 Å². The zero-order valence-electron chi connectivity index (χ0n) is 4.86. The zero-order valence-corrected chi connectivity index (χ0v) is 7.19. The predicted octanol–water partition coefficient (Wildman–Crippen LogP) is 2.93. The molecule has 0 aliphatic rings. The van der Waals surface area contributed by atoms with Crippen molar-refractivity contribution in [2.24, 2.45) is 0 Å². The predicted molar refractivity (Wildman–Crippen MR) is 43.1 cm³/mol. The fourth-order valence-corrected chi connectivity index (χ4v) is 1.07. The summed E-state index contributed by atoms with van der Waals surface area (Å²) in [6.07, 6.45) is 4.05. The van der Waals surface area contributed by atoms with Crippen LogP contribution in [0.2, 0.25) is 0 Å². The van der Waals surface area contributed by atoms with Crippen LogP contribution in [0, 0.1) is 0 Å². The molecule has 3 heteroatoms. The van der Waals surface area contributed by atoms with Crippen LogP contribution in [0.5, 0.6) is 0 Å². The van der Waals surface area contributed by atoms with E-state index in [0.29, 0.717) is 0 Å². The minimum Gasteiger partial charge on any atom is -0.146 e. The van der Waals surface area contributed by atoms with Gasteiger partial charge in [0, 0.05) is 5.88 Å². The van der Waals surface area contributed by atoms with Gasteiger partial charge < -0.3 is 0 Å². The minimum atomic E-state index is 0.258. The van der Waals surface area contributed by atoms with Gasteiger partial charge in [0.05, 0.1) is 4.71 Å². The molecule has 0 aromatic carbocycles. The summed E-state index contributed by atoms with van der Waals surface area (Å²) >= 11 is 12.9. The molecule has 1 atom stereocenters. The molecular weight excluding hydrogens is 163 g/mol. The monoisotopic (exact) mass is 172 g/mol. The quantitative estimate of drug-likeness (QED) is 0.589. The Morgan fingerprint density at radius 2 is 2.25 bits per heavy atom. The molecule has 0 N–H and O–H groups in total. The van der Waals surface area contributed by atoms with Crippen molar-refractivity contribution in [1.82, 2.24) is 0 Å². The van der Waals surface area contributed by atoms with Crippen LogP contribution in [0.4, 0.5) is 0 Å². The average Bonchev–Trinajstić information content (AvgIpc) is 1.83. The third-order valence-corrected chi connectivity index (χ3v) is 2.59. The van der Waals surface area contributed by atoms with Crippen LogP contribution < -0.4 is 0 Å². The second-order valence-electron chi connectivity index (χ2n) is 1.48. The first kappa shape index (κ1) is 8.93. The lowest BCUT2D eigenvalue weighted by molar-refractivity contribution is 0.872. The van der Waals surface area contributed by atoms with Crippen LogP contribution in [-0.4, -0.2) is 16.8 Å². The summed E-state index contributed by atoms with van der Waals surface area (Å²) in [5, 5.41) is 0. The van der Waals surface area contributed by atoms with Gasteiger partial charge in [-0.1, -0.05) is 0 Å². The van der Waals surface area contributed by atoms with E-state index in [2.05, 4.69) is 0 Å². The van der Waals surface area contributed by atoms with Gasteiger partial charge in [0.1, 0.15) is 0 Å². The van der Waals surface area contributed by atoms with E-state index in [0.717, 1.165) is 18.7 Å². The summed E-state index contributed by atoms with van der Waals surface area (Å²) in [6.45, 7) is 0. The molecule has 8 heavy (non-hydrogen) atoms. The molecule has 0 heterocycles. The summed E-state index contributed by atoms with van der Waals surface area (Å²) in [5.41, 5.74) is 0. The molecule has 0 nitrogen and oxygen atoms in total. The van der Waals surface area contributed by atoms with Crippen molar-refractivity contribution in [2.45, 2.75) is 17.6 Å². The molecule has 0 fully saturated rings. The molecule has 0 aliphatic heterocycles. The number of hydrogen-bond donors (Lipinski definition) is 0. The van der Waals surface area contributed by atoms with Crippen molar-refractivity contribution in [3.63, 3.8) is 0 Å². The zero-order chi connectivity index (χ0) is 6.41. The molecule has 0 bridgehead atoms. The number of rotatable bonds is 4. The Hall–Kier alpha value is 0.930. The fraction of sp³-hybridized carbons (Fsp3) is 1.00. The van der Waals surface area contributed by atoms with Gasteiger partial charge in [0.15, 0.2) is 0 Å². The maximum atomic E-state index is 5.75. The molecule has 0 spiro atoms. The number of alkyl halides is 2. The van der Waals surface area contributed by atoms with E-state index in [1.54, 1.807) is 11.8 Å². The number of halogens is 2. The van der Waals surface area contributed by atoms with Crippen LogP contribution in [0.1, 0.15) is 12.8 Å². The van der Waals surface area contributed by atoms with Crippen molar-refractivity contribution in [3.8, 4) is 0 Å². The Kier molecular flexibility index (Phi) is 6.76. The SMILES string of the molecule is CSC(Cl)CCCCl. The van der Waals surface area contributed by atoms with Crippen molar-refractivity contribution in [3.05, 3.63) is 0 Å². The maximum Gasteiger partial charge on any atom is 0.0786 e. The lowest BCUT2D eigenvalue weighted by atomic mass is 10.4. The Morgan fingerprint density at radius 3 is 2.62 bits per heavy atom. The summed E-state index contributed by atoms with van der Waals surface area (Å²) < 4.78 is 0.258. The smallest absolute Gasteiger partial charge is 0.0786 e. The molecule has 0 aliphatic carbocycles. The van der Waals surface area contributed by atoms with Crippen LogP contribution in [0.15, 0.2) is 0 Å². The van der Waals surface area contributed by atoms with Crippen LogP contribution in [0.25, 0.3) is 0 Å². The van der Waals surface area contributed by atoms with Crippen molar-refractivity contribution in [1.29, 1.82) is 0 Å². The van der Waals surface area contributed by atoms with E-state index in [9.17, 15) is 0 Å². The van der Waals surface area contributed by atoms with E-state index in [1.165, 1.54) is 0 Å². The highest BCUT2D eigenvalue weighted by atomic mass is 35.5. The molecule has 0 radical (unpaired) electrons. The van der Waals surface area contributed by atoms with Gasteiger partial charge in [-0.25, -0.2) is 0 Å². The lowest BCUT2D eigenvalue weighted by Crippen LogP contribution is -1.90. The van der Waals surface area contributed by atoms with Gasteiger partial charge in [0.2, 0.25) is 0 Å². The van der Waals surface area contributed by atoms with E-state index in [1.807, 2.05) is 6.26 Å². The minimum absolute atomic E-state index is 0.258. The molecule has 0 saturated carbocycles. The lowest BCUT2D eigenvalue weighted by Gasteiger charge is -2.01. The molecular formula is C5H10Cl2S. The van der Waals surface area contributed by atoms with Gasteiger partial charge in [-0.05, 0) is 19.1 Å². The largest absolute Gasteiger partial charge is 0.146 e. The summed E-state index contributed by atoms with van der Waals surface area (Å²) in [7, 11) is 0. The van der Waals surface area contributed by atoms with E-state index in [4.69, 9.17) is 23.2 Å².